The number of ether oxygens (including phenoxy) is 2. The first-order valence-corrected chi connectivity index (χ1v) is 6.23. The molecule has 1 aromatic rings. The van der Waals surface area contributed by atoms with Gasteiger partial charge in [0.25, 0.3) is 0 Å². The summed E-state index contributed by atoms with van der Waals surface area (Å²) in [6.07, 6.45) is 0. The number of benzene rings is 1. The van der Waals surface area contributed by atoms with Crippen LogP contribution >= 0.6 is 23.2 Å². The van der Waals surface area contributed by atoms with Gasteiger partial charge in [0, 0.05) is 20.2 Å². The van der Waals surface area contributed by atoms with Crippen molar-refractivity contribution in [3.05, 3.63) is 33.8 Å². The average molecular weight is 276 g/mol. The molecule has 1 aliphatic rings. The summed E-state index contributed by atoms with van der Waals surface area (Å²) in [6.45, 7) is 2.72. The summed E-state index contributed by atoms with van der Waals surface area (Å²) >= 11 is 12.0. The van der Waals surface area contributed by atoms with Crippen LogP contribution in [0.15, 0.2) is 18.2 Å². The van der Waals surface area contributed by atoms with Crippen molar-refractivity contribution < 1.29 is 9.47 Å². The van der Waals surface area contributed by atoms with Crippen molar-refractivity contribution in [1.29, 1.82) is 0 Å². The second-order valence-electron chi connectivity index (χ2n) is 4.06. The molecule has 0 bridgehead atoms. The minimum Gasteiger partial charge on any atom is -0.377 e. The van der Waals surface area contributed by atoms with Crippen LogP contribution in [0.4, 0.5) is 0 Å². The number of hydrogen-bond acceptors (Lipinski definition) is 3. The molecule has 1 N–H and O–H groups in total. The Bertz CT molecular complexity index is 390. The van der Waals surface area contributed by atoms with Crippen LogP contribution in [0.3, 0.4) is 0 Å². The quantitative estimate of drug-likeness (QED) is 0.900. The molecule has 0 spiro atoms. The van der Waals surface area contributed by atoms with Gasteiger partial charge in [-0.3, -0.25) is 0 Å². The Morgan fingerprint density at radius 1 is 1.35 bits per heavy atom. The van der Waals surface area contributed by atoms with Gasteiger partial charge in [-0.05, 0) is 17.7 Å². The number of hydrogen-bond donors (Lipinski definition) is 1. The standard InChI is InChI=1S/C12H15Cl2NO2/c1-16-12(7-15-4-5-17-8-12)9-2-3-10(13)11(14)6-9/h2-3,6,15H,4-5,7-8H2,1H3. The second-order valence-corrected chi connectivity index (χ2v) is 4.87. The third-order valence-electron chi connectivity index (χ3n) is 3.01. The van der Waals surface area contributed by atoms with E-state index in [0.29, 0.717) is 29.8 Å². The molecule has 0 aliphatic carbocycles. The van der Waals surface area contributed by atoms with Gasteiger partial charge >= 0.3 is 0 Å². The Balaban J connectivity index is 2.35. The Hall–Kier alpha value is -0.320. The fraction of sp³-hybridized carbons (Fsp3) is 0.500. The van der Waals surface area contributed by atoms with Crippen molar-refractivity contribution in [1.82, 2.24) is 5.32 Å². The van der Waals surface area contributed by atoms with Crippen LogP contribution in [0.1, 0.15) is 5.56 Å². The Labute approximate surface area is 111 Å². The van der Waals surface area contributed by atoms with Crippen molar-refractivity contribution in [2.45, 2.75) is 5.60 Å². The number of methoxy groups -OCH3 is 1. The zero-order chi connectivity index (χ0) is 12.3. The Morgan fingerprint density at radius 2 is 2.18 bits per heavy atom. The zero-order valence-corrected chi connectivity index (χ0v) is 11.1. The Morgan fingerprint density at radius 3 is 2.88 bits per heavy atom. The fourth-order valence-corrected chi connectivity index (χ4v) is 2.23. The van der Waals surface area contributed by atoms with E-state index in [1.807, 2.05) is 12.1 Å². The minimum atomic E-state index is -0.495. The van der Waals surface area contributed by atoms with Gasteiger partial charge in [-0.25, -0.2) is 0 Å². The molecule has 94 valence electrons. The molecule has 1 unspecified atom stereocenters. The molecule has 1 saturated heterocycles. The summed E-state index contributed by atoms with van der Waals surface area (Å²) in [5.41, 5.74) is 0.480. The highest BCUT2D eigenvalue weighted by atomic mass is 35.5. The summed E-state index contributed by atoms with van der Waals surface area (Å²) in [7, 11) is 1.68. The number of halogens is 2. The van der Waals surface area contributed by atoms with E-state index in [2.05, 4.69) is 5.32 Å². The van der Waals surface area contributed by atoms with Gasteiger partial charge in [0.1, 0.15) is 5.60 Å². The highest BCUT2D eigenvalue weighted by Crippen LogP contribution is 2.31. The summed E-state index contributed by atoms with van der Waals surface area (Å²) in [5.74, 6) is 0. The lowest BCUT2D eigenvalue weighted by Crippen LogP contribution is -2.41. The van der Waals surface area contributed by atoms with Gasteiger partial charge in [-0.1, -0.05) is 29.3 Å². The second kappa shape index (κ2) is 5.55. The lowest BCUT2D eigenvalue weighted by Gasteiger charge is -2.31. The molecule has 0 radical (unpaired) electrons. The summed E-state index contributed by atoms with van der Waals surface area (Å²) in [4.78, 5) is 0. The highest BCUT2D eigenvalue weighted by molar-refractivity contribution is 6.42. The molecule has 0 aromatic heterocycles. The van der Waals surface area contributed by atoms with Gasteiger partial charge in [0.05, 0.1) is 23.3 Å². The molecule has 1 atom stereocenters. The first-order valence-electron chi connectivity index (χ1n) is 5.47. The van der Waals surface area contributed by atoms with E-state index in [1.165, 1.54) is 0 Å². The van der Waals surface area contributed by atoms with Crippen LogP contribution < -0.4 is 5.32 Å². The van der Waals surface area contributed by atoms with E-state index in [0.717, 1.165) is 12.1 Å². The minimum absolute atomic E-state index is 0.495. The van der Waals surface area contributed by atoms with Gasteiger partial charge in [-0.15, -0.1) is 0 Å². The molecule has 2 rings (SSSR count). The third-order valence-corrected chi connectivity index (χ3v) is 3.74. The first kappa shape index (κ1) is 13.1. The highest BCUT2D eigenvalue weighted by Gasteiger charge is 2.34. The molecule has 5 heteroatoms. The third kappa shape index (κ3) is 2.75. The molecule has 1 aromatic carbocycles. The maximum Gasteiger partial charge on any atom is 0.128 e. The zero-order valence-electron chi connectivity index (χ0n) is 9.63. The summed E-state index contributed by atoms with van der Waals surface area (Å²) < 4.78 is 11.2. The lowest BCUT2D eigenvalue weighted by atomic mass is 9.94. The average Bonchev–Trinajstić information content (AvgIpc) is 2.59. The van der Waals surface area contributed by atoms with Crippen molar-refractivity contribution in [2.75, 3.05) is 33.4 Å². The van der Waals surface area contributed by atoms with Crippen molar-refractivity contribution in [2.24, 2.45) is 0 Å². The maximum atomic E-state index is 6.04. The summed E-state index contributed by atoms with van der Waals surface area (Å²) in [5, 5.41) is 4.37. The Kier molecular flexibility index (Phi) is 4.28. The van der Waals surface area contributed by atoms with Crippen LogP contribution in [0.2, 0.25) is 10.0 Å². The van der Waals surface area contributed by atoms with Crippen molar-refractivity contribution in [3.8, 4) is 0 Å². The van der Waals surface area contributed by atoms with Crippen molar-refractivity contribution >= 4 is 23.2 Å². The monoisotopic (exact) mass is 275 g/mol. The van der Waals surface area contributed by atoms with E-state index in [1.54, 1.807) is 13.2 Å². The molecule has 1 fully saturated rings. The molecule has 0 amide bonds. The predicted octanol–water partition coefficient (Wildman–Crippen LogP) is 2.45. The van der Waals surface area contributed by atoms with Crippen LogP contribution in [-0.2, 0) is 15.1 Å². The largest absolute Gasteiger partial charge is 0.377 e. The lowest BCUT2D eigenvalue weighted by molar-refractivity contribution is -0.0645. The number of rotatable bonds is 2. The topological polar surface area (TPSA) is 30.5 Å². The molecule has 1 heterocycles. The number of nitrogens with one attached hydrogen (secondary N) is 1. The molecular weight excluding hydrogens is 261 g/mol. The molecular formula is C12H15Cl2NO2. The van der Waals surface area contributed by atoms with Crippen molar-refractivity contribution in [3.63, 3.8) is 0 Å². The van der Waals surface area contributed by atoms with Gasteiger partial charge in [0.15, 0.2) is 0 Å². The van der Waals surface area contributed by atoms with E-state index < -0.39 is 5.60 Å². The fourth-order valence-electron chi connectivity index (χ4n) is 1.94. The molecule has 3 nitrogen and oxygen atoms in total. The predicted molar refractivity (Wildman–Crippen MR) is 68.8 cm³/mol. The van der Waals surface area contributed by atoms with E-state index >= 15 is 0 Å². The first-order chi connectivity index (χ1) is 8.18. The van der Waals surface area contributed by atoms with Crippen LogP contribution in [0, 0.1) is 0 Å². The van der Waals surface area contributed by atoms with Crippen LogP contribution in [-0.4, -0.2) is 33.4 Å². The SMILES string of the molecule is COC1(c2ccc(Cl)c(Cl)c2)CNCCOC1. The van der Waals surface area contributed by atoms with E-state index in [9.17, 15) is 0 Å². The molecule has 0 saturated carbocycles. The maximum absolute atomic E-state index is 6.04. The van der Waals surface area contributed by atoms with Gasteiger partial charge in [0.2, 0.25) is 0 Å². The van der Waals surface area contributed by atoms with Gasteiger partial charge < -0.3 is 14.8 Å². The smallest absolute Gasteiger partial charge is 0.128 e. The van der Waals surface area contributed by atoms with E-state index in [-0.39, 0.29) is 0 Å². The molecule has 1 aliphatic heterocycles. The van der Waals surface area contributed by atoms with Crippen LogP contribution in [0.5, 0.6) is 0 Å². The molecule has 17 heavy (non-hydrogen) atoms. The van der Waals surface area contributed by atoms with E-state index in [4.69, 9.17) is 32.7 Å². The normalized spacial score (nSPS) is 25.6. The summed E-state index contributed by atoms with van der Waals surface area (Å²) in [6, 6.07) is 5.54. The van der Waals surface area contributed by atoms with Gasteiger partial charge in [-0.2, -0.15) is 0 Å². The van der Waals surface area contributed by atoms with Crippen LogP contribution in [0.25, 0.3) is 0 Å².